The lowest BCUT2D eigenvalue weighted by Crippen LogP contribution is -2.35. The fraction of sp³-hybridized carbons (Fsp3) is 0.300. The number of hydrogen-bond acceptors (Lipinski definition) is 2. The molecule has 2 aromatic carbocycles. The maximum atomic E-state index is 12.9. The monoisotopic (exact) mass is 319 g/mol. The predicted molar refractivity (Wildman–Crippen MR) is 94.9 cm³/mol. The van der Waals surface area contributed by atoms with Gasteiger partial charge in [0.15, 0.2) is 0 Å². The Bertz CT molecular complexity index is 840. The number of amides is 1. The number of hydrogen-bond donors (Lipinski definition) is 1. The number of fused-ring (bicyclic) bond motifs is 1. The summed E-state index contributed by atoms with van der Waals surface area (Å²) in [7, 11) is 0. The van der Waals surface area contributed by atoms with Gasteiger partial charge in [0.25, 0.3) is 5.91 Å². The molecule has 3 aromatic rings. The molecule has 2 heterocycles. The van der Waals surface area contributed by atoms with Crippen molar-refractivity contribution in [2.24, 2.45) is 0 Å². The molecule has 0 saturated carbocycles. The largest absolute Gasteiger partial charge is 0.345 e. The molecule has 1 atom stereocenters. The first-order valence-corrected chi connectivity index (χ1v) is 8.59. The van der Waals surface area contributed by atoms with Crippen LogP contribution in [0.5, 0.6) is 0 Å². The van der Waals surface area contributed by atoms with Crippen LogP contribution in [0.15, 0.2) is 54.9 Å². The Hall–Kier alpha value is -2.62. The van der Waals surface area contributed by atoms with E-state index >= 15 is 0 Å². The Morgan fingerprint density at radius 2 is 2.08 bits per heavy atom. The van der Waals surface area contributed by atoms with E-state index in [9.17, 15) is 4.79 Å². The second-order valence-corrected chi connectivity index (χ2v) is 6.45. The first kappa shape index (κ1) is 14.9. The van der Waals surface area contributed by atoms with Gasteiger partial charge < -0.3 is 9.88 Å². The van der Waals surface area contributed by atoms with E-state index in [1.807, 2.05) is 24.3 Å². The molecule has 1 saturated heterocycles. The molecule has 0 bridgehead atoms. The van der Waals surface area contributed by atoms with Crippen LogP contribution in [0.25, 0.3) is 11.0 Å². The molecule has 1 aliphatic rings. The highest BCUT2D eigenvalue weighted by Crippen LogP contribution is 2.25. The summed E-state index contributed by atoms with van der Waals surface area (Å²) in [5, 5.41) is 0. The highest BCUT2D eigenvalue weighted by atomic mass is 16.2. The first-order valence-electron chi connectivity index (χ1n) is 8.59. The van der Waals surface area contributed by atoms with Gasteiger partial charge in [-0.15, -0.1) is 0 Å². The van der Waals surface area contributed by atoms with Crippen molar-refractivity contribution in [3.8, 4) is 0 Å². The summed E-state index contributed by atoms with van der Waals surface area (Å²) >= 11 is 0. The zero-order chi connectivity index (χ0) is 16.4. The Balaban J connectivity index is 1.48. The van der Waals surface area contributed by atoms with Crippen molar-refractivity contribution in [1.82, 2.24) is 14.9 Å². The van der Waals surface area contributed by atoms with Crippen molar-refractivity contribution in [2.45, 2.75) is 31.7 Å². The predicted octanol–water partition coefficient (Wildman–Crippen LogP) is 3.80. The van der Waals surface area contributed by atoms with Crippen LogP contribution in [0.1, 0.15) is 35.2 Å². The van der Waals surface area contributed by atoms with Crippen molar-refractivity contribution in [1.29, 1.82) is 0 Å². The maximum Gasteiger partial charge on any atom is 0.254 e. The minimum absolute atomic E-state index is 0.141. The smallest absolute Gasteiger partial charge is 0.254 e. The van der Waals surface area contributed by atoms with Crippen LogP contribution in [-0.2, 0) is 6.42 Å². The van der Waals surface area contributed by atoms with E-state index in [1.54, 1.807) is 6.33 Å². The summed E-state index contributed by atoms with van der Waals surface area (Å²) in [5.74, 6) is 0.141. The molecule has 1 N–H and O–H groups in total. The lowest BCUT2D eigenvalue weighted by atomic mass is 10.0. The van der Waals surface area contributed by atoms with Gasteiger partial charge in [-0.2, -0.15) is 0 Å². The lowest BCUT2D eigenvalue weighted by molar-refractivity contribution is 0.0731. The van der Waals surface area contributed by atoms with Gasteiger partial charge in [-0.1, -0.05) is 30.3 Å². The number of nitrogens with one attached hydrogen (secondary N) is 1. The Kier molecular flexibility index (Phi) is 4.03. The van der Waals surface area contributed by atoms with Gasteiger partial charge in [0.2, 0.25) is 0 Å². The average Bonchev–Trinajstić information content (AvgIpc) is 3.28. The van der Waals surface area contributed by atoms with E-state index in [-0.39, 0.29) is 5.91 Å². The number of aromatic nitrogens is 2. The van der Waals surface area contributed by atoms with Crippen LogP contribution in [-0.4, -0.2) is 33.4 Å². The number of rotatable bonds is 4. The quantitative estimate of drug-likeness (QED) is 0.795. The molecule has 1 amide bonds. The molecule has 4 nitrogen and oxygen atoms in total. The number of likely N-dealkylation sites (tertiary alicyclic amines) is 1. The third-order valence-electron chi connectivity index (χ3n) is 4.91. The molecule has 4 heteroatoms. The van der Waals surface area contributed by atoms with E-state index in [1.165, 1.54) is 5.56 Å². The zero-order valence-corrected chi connectivity index (χ0v) is 13.6. The third-order valence-corrected chi connectivity index (χ3v) is 4.91. The number of aromatic amines is 1. The Labute approximate surface area is 141 Å². The minimum Gasteiger partial charge on any atom is -0.345 e. The van der Waals surface area contributed by atoms with Crippen LogP contribution < -0.4 is 0 Å². The molecule has 4 rings (SSSR count). The Morgan fingerprint density at radius 1 is 1.21 bits per heavy atom. The average molecular weight is 319 g/mol. The normalized spacial score (nSPS) is 17.5. The van der Waals surface area contributed by atoms with Crippen molar-refractivity contribution in [3.05, 3.63) is 66.0 Å². The van der Waals surface area contributed by atoms with Crippen LogP contribution in [0, 0.1) is 0 Å². The number of imidazole rings is 1. The van der Waals surface area contributed by atoms with Crippen molar-refractivity contribution >= 4 is 16.9 Å². The van der Waals surface area contributed by atoms with Crippen LogP contribution in [0.2, 0.25) is 0 Å². The van der Waals surface area contributed by atoms with Gasteiger partial charge in [-0.25, -0.2) is 4.98 Å². The summed E-state index contributed by atoms with van der Waals surface area (Å²) in [6.45, 7) is 0.860. The van der Waals surface area contributed by atoms with Gasteiger partial charge in [-0.05, 0) is 49.4 Å². The standard InChI is InChI=1S/C20H21N3O/c24-20(16-9-11-18-19(13-16)22-14-21-18)23-12-4-7-17(23)10-8-15-5-2-1-3-6-15/h1-3,5-6,9,11,13-14,17H,4,7-8,10,12H2,(H,21,22). The van der Waals surface area contributed by atoms with Gasteiger partial charge in [0, 0.05) is 18.2 Å². The van der Waals surface area contributed by atoms with Crippen LogP contribution in [0.4, 0.5) is 0 Å². The van der Waals surface area contributed by atoms with Gasteiger partial charge >= 0.3 is 0 Å². The van der Waals surface area contributed by atoms with Crippen molar-refractivity contribution < 1.29 is 4.79 Å². The summed E-state index contributed by atoms with van der Waals surface area (Å²) in [6, 6.07) is 16.6. The van der Waals surface area contributed by atoms with E-state index in [4.69, 9.17) is 0 Å². The topological polar surface area (TPSA) is 49.0 Å². The fourth-order valence-corrected chi connectivity index (χ4v) is 3.62. The zero-order valence-electron chi connectivity index (χ0n) is 13.6. The summed E-state index contributed by atoms with van der Waals surface area (Å²) in [4.78, 5) is 22.3. The van der Waals surface area contributed by atoms with Crippen molar-refractivity contribution in [3.63, 3.8) is 0 Å². The summed E-state index contributed by atoms with van der Waals surface area (Å²) in [5.41, 5.74) is 3.91. The Morgan fingerprint density at radius 3 is 2.96 bits per heavy atom. The third kappa shape index (κ3) is 2.92. The molecule has 1 unspecified atom stereocenters. The molecule has 0 spiro atoms. The first-order chi connectivity index (χ1) is 11.8. The van der Waals surface area contributed by atoms with E-state index in [0.29, 0.717) is 6.04 Å². The van der Waals surface area contributed by atoms with E-state index in [2.05, 4.69) is 39.1 Å². The lowest BCUT2D eigenvalue weighted by Gasteiger charge is -2.25. The number of aryl methyl sites for hydroxylation is 1. The molecule has 0 aliphatic carbocycles. The number of benzene rings is 2. The fourth-order valence-electron chi connectivity index (χ4n) is 3.62. The number of carbonyl (C=O) groups is 1. The SMILES string of the molecule is O=C(c1ccc2nc[nH]c2c1)N1CCCC1CCc1ccccc1. The highest BCUT2D eigenvalue weighted by Gasteiger charge is 2.29. The molecular weight excluding hydrogens is 298 g/mol. The number of carbonyl (C=O) groups excluding carboxylic acids is 1. The molecule has 1 aromatic heterocycles. The molecule has 0 radical (unpaired) electrons. The van der Waals surface area contributed by atoms with Gasteiger partial charge in [0.1, 0.15) is 0 Å². The summed E-state index contributed by atoms with van der Waals surface area (Å²) < 4.78 is 0. The summed E-state index contributed by atoms with van der Waals surface area (Å²) in [6.07, 6.45) is 5.91. The minimum atomic E-state index is 0.141. The number of nitrogens with zero attached hydrogens (tertiary/aromatic N) is 2. The highest BCUT2D eigenvalue weighted by molar-refractivity contribution is 5.97. The number of H-pyrrole nitrogens is 1. The van der Waals surface area contributed by atoms with Crippen molar-refractivity contribution in [2.75, 3.05) is 6.54 Å². The molecular formula is C20H21N3O. The van der Waals surface area contributed by atoms with Gasteiger partial charge in [-0.3, -0.25) is 4.79 Å². The maximum absolute atomic E-state index is 12.9. The van der Waals surface area contributed by atoms with E-state index in [0.717, 1.165) is 48.8 Å². The van der Waals surface area contributed by atoms with Gasteiger partial charge in [0.05, 0.1) is 17.4 Å². The van der Waals surface area contributed by atoms with Crippen LogP contribution in [0.3, 0.4) is 0 Å². The van der Waals surface area contributed by atoms with Crippen LogP contribution >= 0.6 is 0 Å². The molecule has 1 aliphatic heterocycles. The second kappa shape index (κ2) is 6.48. The molecule has 24 heavy (non-hydrogen) atoms. The molecule has 1 fully saturated rings. The molecule has 122 valence electrons. The second-order valence-electron chi connectivity index (χ2n) is 6.45. The van der Waals surface area contributed by atoms with E-state index < -0.39 is 0 Å².